The zero-order valence-electron chi connectivity index (χ0n) is 14.1. The van der Waals surface area contributed by atoms with Gasteiger partial charge in [0.1, 0.15) is 5.69 Å². The first-order valence-corrected chi connectivity index (χ1v) is 10.3. The van der Waals surface area contributed by atoms with Gasteiger partial charge in [-0.25, -0.2) is 8.42 Å². The molecular formula is C19H17ClN2O3S. The number of sulfone groups is 1. The van der Waals surface area contributed by atoms with Gasteiger partial charge in [-0.05, 0) is 42.5 Å². The maximum Gasteiger partial charge on any atom is 0.175 e. The van der Waals surface area contributed by atoms with E-state index in [1.54, 1.807) is 24.5 Å². The van der Waals surface area contributed by atoms with E-state index in [4.69, 9.17) is 16.0 Å². The molecule has 1 aromatic heterocycles. The summed E-state index contributed by atoms with van der Waals surface area (Å²) in [5.74, 6) is 0. The van der Waals surface area contributed by atoms with Crippen LogP contribution >= 0.6 is 11.6 Å². The van der Waals surface area contributed by atoms with Gasteiger partial charge in [0.25, 0.3) is 0 Å². The van der Waals surface area contributed by atoms with Crippen molar-refractivity contribution in [3.63, 3.8) is 0 Å². The lowest BCUT2D eigenvalue weighted by Gasteiger charge is -2.34. The Labute approximate surface area is 157 Å². The van der Waals surface area contributed by atoms with Crippen molar-refractivity contribution >= 4 is 43.8 Å². The summed E-state index contributed by atoms with van der Waals surface area (Å²) >= 11 is 6.45. The molecule has 0 saturated carbocycles. The Morgan fingerprint density at radius 1 is 1.15 bits per heavy atom. The molecule has 7 heteroatoms. The third-order valence-electron chi connectivity index (χ3n) is 4.37. The summed E-state index contributed by atoms with van der Waals surface area (Å²) in [6, 6.07) is 12.6. The molecular weight excluding hydrogens is 372 g/mol. The van der Waals surface area contributed by atoms with Crippen LogP contribution in [-0.4, -0.2) is 27.9 Å². The molecule has 0 fully saturated rings. The van der Waals surface area contributed by atoms with Crippen LogP contribution in [0.4, 0.5) is 11.4 Å². The van der Waals surface area contributed by atoms with Crippen molar-refractivity contribution in [3.8, 4) is 0 Å². The number of halogens is 1. The molecule has 0 unspecified atom stereocenters. The minimum absolute atomic E-state index is 0.298. The van der Waals surface area contributed by atoms with Gasteiger partial charge in [0.15, 0.2) is 15.4 Å². The van der Waals surface area contributed by atoms with Crippen LogP contribution in [0.2, 0.25) is 5.02 Å². The molecule has 0 amide bonds. The van der Waals surface area contributed by atoms with Crippen molar-refractivity contribution < 1.29 is 12.8 Å². The second-order valence-electron chi connectivity index (χ2n) is 6.22. The first-order chi connectivity index (χ1) is 12.4. The van der Waals surface area contributed by atoms with Crippen LogP contribution in [0.25, 0.3) is 11.0 Å². The van der Waals surface area contributed by atoms with E-state index in [-0.39, 0.29) is 0 Å². The van der Waals surface area contributed by atoms with E-state index in [2.05, 4.69) is 4.90 Å². The fourth-order valence-electron chi connectivity index (χ4n) is 3.10. The van der Waals surface area contributed by atoms with Gasteiger partial charge in [0.05, 0.1) is 22.8 Å². The second-order valence-corrected chi connectivity index (χ2v) is 8.65. The van der Waals surface area contributed by atoms with Crippen LogP contribution < -0.4 is 9.80 Å². The molecule has 4 rings (SSSR count). The van der Waals surface area contributed by atoms with E-state index in [1.807, 2.05) is 41.4 Å². The maximum absolute atomic E-state index is 11.8. The predicted octanol–water partition coefficient (Wildman–Crippen LogP) is 4.29. The number of nitrogens with zero attached hydrogens (tertiary/aromatic N) is 2. The predicted molar refractivity (Wildman–Crippen MR) is 105 cm³/mol. The van der Waals surface area contributed by atoms with Crippen molar-refractivity contribution in [1.29, 1.82) is 0 Å². The lowest BCUT2D eigenvalue weighted by Crippen LogP contribution is -2.39. The highest BCUT2D eigenvalue weighted by molar-refractivity contribution is 7.90. The number of fused-ring (bicyclic) bond motifs is 1. The highest BCUT2D eigenvalue weighted by atomic mass is 35.5. The average Bonchev–Trinajstić information content (AvgIpc) is 3.10. The van der Waals surface area contributed by atoms with Crippen LogP contribution in [0, 0.1) is 0 Å². The Kier molecular flexibility index (Phi) is 4.17. The molecule has 0 spiro atoms. The molecule has 1 aliphatic rings. The van der Waals surface area contributed by atoms with Crippen LogP contribution in [0.1, 0.15) is 0 Å². The summed E-state index contributed by atoms with van der Waals surface area (Å²) in [6.45, 7) is 1.21. The number of benzene rings is 2. The Morgan fingerprint density at radius 3 is 2.81 bits per heavy atom. The zero-order valence-corrected chi connectivity index (χ0v) is 15.7. The summed E-state index contributed by atoms with van der Waals surface area (Å²) in [6.07, 6.45) is 6.82. The molecule has 0 saturated heterocycles. The zero-order chi connectivity index (χ0) is 18.3. The van der Waals surface area contributed by atoms with Gasteiger partial charge in [0, 0.05) is 30.1 Å². The molecule has 0 aliphatic carbocycles. The van der Waals surface area contributed by atoms with Gasteiger partial charge in [-0.2, -0.15) is 0 Å². The lowest BCUT2D eigenvalue weighted by molar-refractivity contribution is 0.602. The van der Waals surface area contributed by atoms with E-state index in [0.29, 0.717) is 23.1 Å². The van der Waals surface area contributed by atoms with Crippen LogP contribution in [0.3, 0.4) is 0 Å². The van der Waals surface area contributed by atoms with Gasteiger partial charge < -0.3 is 14.2 Å². The third-order valence-corrected chi connectivity index (χ3v) is 5.79. The summed E-state index contributed by atoms with van der Waals surface area (Å²) in [5.41, 5.74) is 2.39. The quantitative estimate of drug-likeness (QED) is 0.670. The monoisotopic (exact) mass is 388 g/mol. The number of hydrogen-bond donors (Lipinski definition) is 0. The van der Waals surface area contributed by atoms with Gasteiger partial charge >= 0.3 is 0 Å². The first kappa shape index (κ1) is 17.0. The van der Waals surface area contributed by atoms with E-state index >= 15 is 0 Å². The molecule has 0 N–H and O–H groups in total. The first-order valence-electron chi connectivity index (χ1n) is 8.07. The van der Waals surface area contributed by atoms with Crippen molar-refractivity contribution in [2.75, 3.05) is 29.3 Å². The van der Waals surface area contributed by atoms with Crippen LogP contribution in [-0.2, 0) is 9.84 Å². The Hall–Kier alpha value is -2.44. The van der Waals surface area contributed by atoms with E-state index < -0.39 is 9.84 Å². The van der Waals surface area contributed by atoms with Gasteiger partial charge in [-0.15, -0.1) is 0 Å². The molecule has 1 aliphatic heterocycles. The number of hydrogen-bond acceptors (Lipinski definition) is 5. The highest BCUT2D eigenvalue weighted by Gasteiger charge is 2.21. The van der Waals surface area contributed by atoms with Gasteiger partial charge in [0.2, 0.25) is 0 Å². The van der Waals surface area contributed by atoms with Crippen molar-refractivity contribution in [1.82, 2.24) is 0 Å². The molecule has 3 aromatic rings. The Bertz CT molecular complexity index is 1100. The largest absolute Gasteiger partial charge is 0.462 e. The Morgan fingerprint density at radius 2 is 2.00 bits per heavy atom. The molecule has 5 nitrogen and oxygen atoms in total. The van der Waals surface area contributed by atoms with Crippen molar-refractivity contribution in [2.45, 2.75) is 4.90 Å². The van der Waals surface area contributed by atoms with Crippen molar-refractivity contribution in [3.05, 3.63) is 66.0 Å². The fourth-order valence-corrected chi connectivity index (χ4v) is 4.03. The normalized spacial score (nSPS) is 15.0. The van der Waals surface area contributed by atoms with E-state index in [1.165, 1.54) is 6.26 Å². The third kappa shape index (κ3) is 3.06. The number of furan rings is 1. The topological polar surface area (TPSA) is 53.8 Å². The average molecular weight is 389 g/mol. The maximum atomic E-state index is 11.8. The highest BCUT2D eigenvalue weighted by Crippen LogP contribution is 2.36. The summed E-state index contributed by atoms with van der Waals surface area (Å²) in [4.78, 5) is 4.38. The smallest absolute Gasteiger partial charge is 0.175 e. The number of anilines is 2. The molecule has 2 aromatic carbocycles. The fraction of sp³-hybridized carbons (Fsp3) is 0.158. The van der Waals surface area contributed by atoms with Crippen LogP contribution in [0.5, 0.6) is 0 Å². The molecule has 0 atom stereocenters. The molecule has 0 radical (unpaired) electrons. The van der Waals surface area contributed by atoms with Crippen LogP contribution in [0.15, 0.2) is 70.3 Å². The second kappa shape index (κ2) is 6.37. The SMILES string of the molecule is CS(=O)(=O)c1cccc(N2C=CCN(c3c(Cl)ccc4ccoc34)C2)c1. The van der Waals surface area contributed by atoms with E-state index in [9.17, 15) is 8.42 Å². The minimum Gasteiger partial charge on any atom is -0.462 e. The Balaban J connectivity index is 1.70. The lowest BCUT2D eigenvalue weighted by atomic mass is 10.2. The van der Waals surface area contributed by atoms with Gasteiger partial charge in [-0.1, -0.05) is 17.7 Å². The molecule has 2 heterocycles. The standard InChI is InChI=1S/C19H17ClN2O3S/c1-26(23,24)16-5-2-4-15(12-16)21-9-3-10-22(13-21)18-17(20)7-6-14-8-11-25-19(14)18/h2-9,11-12H,10,13H2,1H3. The molecule has 134 valence electrons. The summed E-state index contributed by atoms with van der Waals surface area (Å²) in [7, 11) is -3.26. The summed E-state index contributed by atoms with van der Waals surface area (Å²) in [5, 5.41) is 1.61. The minimum atomic E-state index is -3.26. The summed E-state index contributed by atoms with van der Waals surface area (Å²) < 4.78 is 29.3. The molecule has 26 heavy (non-hydrogen) atoms. The van der Waals surface area contributed by atoms with Gasteiger partial charge in [-0.3, -0.25) is 0 Å². The van der Waals surface area contributed by atoms with E-state index in [0.717, 1.165) is 22.3 Å². The van der Waals surface area contributed by atoms with Crippen molar-refractivity contribution in [2.24, 2.45) is 0 Å². The number of rotatable bonds is 3. The molecule has 0 bridgehead atoms.